The first-order valence-electron chi connectivity index (χ1n) is 5.13. The third kappa shape index (κ3) is 4.11. The predicted molar refractivity (Wildman–Crippen MR) is 72.6 cm³/mol. The van der Waals surface area contributed by atoms with Crippen molar-refractivity contribution in [2.24, 2.45) is 0 Å². The highest BCUT2D eigenvalue weighted by Gasteiger charge is 2.09. The van der Waals surface area contributed by atoms with Crippen molar-refractivity contribution in [2.75, 3.05) is 0 Å². The molecule has 0 saturated carbocycles. The standard InChI is InChI=1S/C12H14ClIO/c1-2-3-4-5-12(15)10-8-9(13)6-7-11(10)14/h6-8H,2-5H2,1H3. The van der Waals surface area contributed by atoms with E-state index >= 15 is 0 Å². The first-order chi connectivity index (χ1) is 7.15. The van der Waals surface area contributed by atoms with E-state index in [1.807, 2.05) is 12.1 Å². The summed E-state index contributed by atoms with van der Waals surface area (Å²) in [6.07, 6.45) is 3.85. The summed E-state index contributed by atoms with van der Waals surface area (Å²) in [6, 6.07) is 5.46. The number of hydrogen-bond donors (Lipinski definition) is 0. The van der Waals surface area contributed by atoms with E-state index in [4.69, 9.17) is 11.6 Å². The Labute approximate surface area is 109 Å². The lowest BCUT2D eigenvalue weighted by Crippen LogP contribution is -2.01. The van der Waals surface area contributed by atoms with Crippen molar-refractivity contribution in [1.82, 2.24) is 0 Å². The Bertz CT molecular complexity index is 349. The van der Waals surface area contributed by atoms with Gasteiger partial charge in [0.05, 0.1) is 0 Å². The number of hydrogen-bond acceptors (Lipinski definition) is 1. The lowest BCUT2D eigenvalue weighted by atomic mass is 10.1. The SMILES string of the molecule is CCCCCC(=O)c1cc(Cl)ccc1I. The Balaban J connectivity index is 2.68. The molecule has 0 unspecified atom stereocenters. The summed E-state index contributed by atoms with van der Waals surface area (Å²) < 4.78 is 0.985. The van der Waals surface area contributed by atoms with Gasteiger partial charge in [-0.2, -0.15) is 0 Å². The van der Waals surface area contributed by atoms with E-state index in [0.717, 1.165) is 28.4 Å². The fourth-order valence-electron chi connectivity index (χ4n) is 1.38. The Morgan fingerprint density at radius 3 is 2.80 bits per heavy atom. The van der Waals surface area contributed by atoms with E-state index in [9.17, 15) is 4.79 Å². The number of unbranched alkanes of at least 4 members (excludes halogenated alkanes) is 2. The maximum absolute atomic E-state index is 11.8. The van der Waals surface area contributed by atoms with Crippen LogP contribution >= 0.6 is 34.2 Å². The molecule has 0 heterocycles. The molecule has 0 amide bonds. The summed E-state index contributed by atoms with van der Waals surface area (Å²) in [5.41, 5.74) is 0.763. The van der Waals surface area contributed by atoms with Gasteiger partial charge in [0, 0.05) is 20.6 Å². The molecule has 0 aliphatic rings. The van der Waals surface area contributed by atoms with Gasteiger partial charge in [-0.15, -0.1) is 0 Å². The molecule has 0 radical (unpaired) electrons. The van der Waals surface area contributed by atoms with Crippen LogP contribution < -0.4 is 0 Å². The fourth-order valence-corrected chi connectivity index (χ4v) is 2.19. The van der Waals surface area contributed by atoms with Crippen molar-refractivity contribution in [3.05, 3.63) is 32.4 Å². The molecule has 3 heteroatoms. The van der Waals surface area contributed by atoms with Crippen LogP contribution in [0.5, 0.6) is 0 Å². The maximum atomic E-state index is 11.8. The summed E-state index contributed by atoms with van der Waals surface area (Å²) >= 11 is 8.04. The second-order valence-corrected chi connectivity index (χ2v) is 5.10. The zero-order chi connectivity index (χ0) is 11.3. The van der Waals surface area contributed by atoms with E-state index in [2.05, 4.69) is 29.5 Å². The first-order valence-corrected chi connectivity index (χ1v) is 6.59. The van der Waals surface area contributed by atoms with Crippen molar-refractivity contribution < 1.29 is 4.79 Å². The molecule has 0 N–H and O–H groups in total. The molecule has 0 bridgehead atoms. The van der Waals surface area contributed by atoms with Gasteiger partial charge in [-0.25, -0.2) is 0 Å². The van der Waals surface area contributed by atoms with Gasteiger partial charge >= 0.3 is 0 Å². The smallest absolute Gasteiger partial charge is 0.163 e. The number of carbonyl (C=O) groups is 1. The monoisotopic (exact) mass is 336 g/mol. The van der Waals surface area contributed by atoms with E-state index in [-0.39, 0.29) is 5.78 Å². The van der Waals surface area contributed by atoms with Crippen LogP contribution in [0.15, 0.2) is 18.2 Å². The van der Waals surface area contributed by atoms with Crippen LogP contribution in [0.1, 0.15) is 43.0 Å². The molecule has 15 heavy (non-hydrogen) atoms. The summed E-state index contributed by atoms with van der Waals surface area (Å²) in [4.78, 5) is 11.8. The van der Waals surface area contributed by atoms with Gasteiger partial charge in [0.15, 0.2) is 5.78 Å². The Morgan fingerprint density at radius 1 is 1.40 bits per heavy atom. The Morgan fingerprint density at radius 2 is 2.13 bits per heavy atom. The van der Waals surface area contributed by atoms with Gasteiger partial charge in [0.25, 0.3) is 0 Å². The second-order valence-electron chi connectivity index (χ2n) is 3.50. The third-order valence-electron chi connectivity index (χ3n) is 2.24. The zero-order valence-corrected chi connectivity index (χ0v) is 11.6. The molecule has 0 saturated heterocycles. The number of Topliss-reactive ketones (excluding diaryl/α,β-unsaturated/α-hetero) is 1. The molecule has 0 spiro atoms. The minimum absolute atomic E-state index is 0.204. The van der Waals surface area contributed by atoms with Crippen LogP contribution in [0.2, 0.25) is 5.02 Å². The van der Waals surface area contributed by atoms with Gasteiger partial charge in [-0.1, -0.05) is 31.4 Å². The average Bonchev–Trinajstić information content (AvgIpc) is 2.22. The minimum atomic E-state index is 0.204. The highest BCUT2D eigenvalue weighted by atomic mass is 127. The van der Waals surface area contributed by atoms with E-state index < -0.39 is 0 Å². The van der Waals surface area contributed by atoms with E-state index in [1.165, 1.54) is 0 Å². The summed E-state index contributed by atoms with van der Waals surface area (Å²) in [7, 11) is 0. The predicted octanol–water partition coefficient (Wildman–Crippen LogP) is 4.71. The van der Waals surface area contributed by atoms with Crippen LogP contribution in [-0.4, -0.2) is 5.78 Å². The van der Waals surface area contributed by atoms with Crippen LogP contribution in [0.3, 0.4) is 0 Å². The van der Waals surface area contributed by atoms with Crippen molar-refractivity contribution in [3.8, 4) is 0 Å². The van der Waals surface area contributed by atoms with Gasteiger partial charge in [-0.3, -0.25) is 4.79 Å². The molecular weight excluding hydrogens is 322 g/mol. The highest BCUT2D eigenvalue weighted by Crippen LogP contribution is 2.20. The minimum Gasteiger partial charge on any atom is -0.294 e. The van der Waals surface area contributed by atoms with Gasteiger partial charge in [0.1, 0.15) is 0 Å². The quantitative estimate of drug-likeness (QED) is 0.432. The molecule has 0 aliphatic carbocycles. The summed E-state index contributed by atoms with van der Waals surface area (Å²) in [5, 5.41) is 0.634. The fraction of sp³-hybridized carbons (Fsp3) is 0.417. The number of rotatable bonds is 5. The normalized spacial score (nSPS) is 10.3. The Kier molecular flexibility index (Phi) is 5.61. The maximum Gasteiger partial charge on any atom is 0.163 e. The lowest BCUT2D eigenvalue weighted by Gasteiger charge is -2.04. The van der Waals surface area contributed by atoms with Gasteiger partial charge in [0.2, 0.25) is 0 Å². The third-order valence-corrected chi connectivity index (χ3v) is 3.41. The number of carbonyl (C=O) groups excluding carboxylic acids is 1. The largest absolute Gasteiger partial charge is 0.294 e. The molecule has 1 aromatic carbocycles. The average molecular weight is 337 g/mol. The summed E-state index contributed by atoms with van der Waals surface area (Å²) in [5.74, 6) is 0.204. The molecule has 0 aliphatic heterocycles. The number of benzene rings is 1. The molecular formula is C12H14ClIO. The van der Waals surface area contributed by atoms with Crippen molar-refractivity contribution in [2.45, 2.75) is 32.6 Å². The van der Waals surface area contributed by atoms with Crippen LogP contribution in [0.4, 0.5) is 0 Å². The lowest BCUT2D eigenvalue weighted by molar-refractivity contribution is 0.0978. The topological polar surface area (TPSA) is 17.1 Å². The van der Waals surface area contributed by atoms with E-state index in [0.29, 0.717) is 11.4 Å². The molecule has 1 nitrogen and oxygen atoms in total. The van der Waals surface area contributed by atoms with Crippen molar-refractivity contribution in [1.29, 1.82) is 0 Å². The highest BCUT2D eigenvalue weighted by molar-refractivity contribution is 14.1. The van der Waals surface area contributed by atoms with Gasteiger partial charge < -0.3 is 0 Å². The van der Waals surface area contributed by atoms with Crippen molar-refractivity contribution >= 4 is 40.0 Å². The second kappa shape index (κ2) is 6.48. The molecule has 0 atom stereocenters. The first kappa shape index (κ1) is 13.0. The molecule has 82 valence electrons. The number of ketones is 1. The van der Waals surface area contributed by atoms with Crippen LogP contribution in [0, 0.1) is 3.57 Å². The van der Waals surface area contributed by atoms with Gasteiger partial charge in [-0.05, 0) is 47.2 Å². The van der Waals surface area contributed by atoms with Crippen LogP contribution in [0.25, 0.3) is 0 Å². The van der Waals surface area contributed by atoms with Crippen LogP contribution in [-0.2, 0) is 0 Å². The molecule has 1 aromatic rings. The molecule has 0 aromatic heterocycles. The number of halogens is 2. The molecule has 1 rings (SSSR count). The van der Waals surface area contributed by atoms with Crippen molar-refractivity contribution in [3.63, 3.8) is 0 Å². The summed E-state index contributed by atoms with van der Waals surface area (Å²) in [6.45, 7) is 2.13. The Hall–Kier alpha value is -0.0900. The molecule has 0 fully saturated rings. The zero-order valence-electron chi connectivity index (χ0n) is 8.72. The van der Waals surface area contributed by atoms with E-state index in [1.54, 1.807) is 6.07 Å².